The maximum atomic E-state index is 14.2. The standard InChI is InChI=1S/C17H19ClFN3/c1-3-16(20)14-8-13(9-15(19)17(14)21-2)22-10-11-4-6-12(18)7-5-11/h4-9,20-22H,3,10H2,1-2H3. The lowest BCUT2D eigenvalue weighted by Gasteiger charge is -2.14. The van der Waals surface area contributed by atoms with Gasteiger partial charge in [0.1, 0.15) is 5.82 Å². The number of nitrogens with one attached hydrogen (secondary N) is 3. The first-order valence-corrected chi connectivity index (χ1v) is 7.50. The van der Waals surface area contributed by atoms with Crippen molar-refractivity contribution in [1.82, 2.24) is 0 Å². The normalized spacial score (nSPS) is 10.4. The molecule has 0 atom stereocenters. The first kappa shape index (κ1) is 16.3. The molecule has 0 radical (unpaired) electrons. The number of hydrogen-bond donors (Lipinski definition) is 3. The number of anilines is 2. The van der Waals surface area contributed by atoms with Gasteiger partial charge in [-0.25, -0.2) is 4.39 Å². The number of halogens is 2. The van der Waals surface area contributed by atoms with E-state index in [2.05, 4.69) is 10.6 Å². The molecule has 0 fully saturated rings. The van der Waals surface area contributed by atoms with E-state index in [1.807, 2.05) is 31.2 Å². The van der Waals surface area contributed by atoms with Gasteiger partial charge >= 0.3 is 0 Å². The Kier molecular flexibility index (Phi) is 5.39. The maximum absolute atomic E-state index is 14.2. The average molecular weight is 320 g/mol. The van der Waals surface area contributed by atoms with Gasteiger partial charge in [0.15, 0.2) is 0 Å². The lowest BCUT2D eigenvalue weighted by atomic mass is 10.0. The van der Waals surface area contributed by atoms with E-state index in [4.69, 9.17) is 17.0 Å². The predicted octanol–water partition coefficient (Wildman–Crippen LogP) is 4.91. The van der Waals surface area contributed by atoms with Crippen LogP contribution in [0.25, 0.3) is 0 Å². The second kappa shape index (κ2) is 7.27. The monoisotopic (exact) mass is 319 g/mol. The molecular formula is C17H19ClFN3. The van der Waals surface area contributed by atoms with Gasteiger partial charge in [0.05, 0.1) is 5.69 Å². The second-order valence-electron chi connectivity index (χ2n) is 4.94. The van der Waals surface area contributed by atoms with Gasteiger partial charge in [-0.1, -0.05) is 30.7 Å². The summed E-state index contributed by atoms with van der Waals surface area (Å²) in [5.41, 5.74) is 3.06. The highest BCUT2D eigenvalue weighted by molar-refractivity contribution is 6.30. The molecule has 116 valence electrons. The molecule has 0 spiro atoms. The van der Waals surface area contributed by atoms with Crippen LogP contribution in [0, 0.1) is 11.2 Å². The van der Waals surface area contributed by atoms with Gasteiger partial charge in [0, 0.05) is 35.6 Å². The third-order valence-corrected chi connectivity index (χ3v) is 3.68. The second-order valence-corrected chi connectivity index (χ2v) is 5.38. The summed E-state index contributed by atoms with van der Waals surface area (Å²) >= 11 is 5.85. The number of benzene rings is 2. The van der Waals surface area contributed by atoms with Crippen molar-refractivity contribution >= 4 is 28.7 Å². The van der Waals surface area contributed by atoms with Crippen molar-refractivity contribution in [3.05, 3.63) is 58.4 Å². The van der Waals surface area contributed by atoms with Crippen LogP contribution in [-0.2, 0) is 6.54 Å². The minimum atomic E-state index is -0.364. The Labute approximate surface area is 135 Å². The molecule has 2 rings (SSSR count). The Morgan fingerprint density at radius 1 is 1.23 bits per heavy atom. The van der Waals surface area contributed by atoms with Gasteiger partial charge in [-0.05, 0) is 36.2 Å². The van der Waals surface area contributed by atoms with Gasteiger partial charge in [-0.2, -0.15) is 0 Å². The summed E-state index contributed by atoms with van der Waals surface area (Å²) in [4.78, 5) is 0. The SMILES string of the molecule is CCC(=N)c1cc(NCc2ccc(Cl)cc2)cc(F)c1NC. The van der Waals surface area contributed by atoms with E-state index >= 15 is 0 Å². The molecule has 2 aromatic rings. The van der Waals surface area contributed by atoms with E-state index in [1.165, 1.54) is 6.07 Å². The third kappa shape index (κ3) is 3.77. The molecule has 3 nitrogen and oxygen atoms in total. The first-order chi connectivity index (χ1) is 10.5. The fourth-order valence-corrected chi connectivity index (χ4v) is 2.32. The zero-order valence-corrected chi connectivity index (χ0v) is 13.4. The molecule has 0 amide bonds. The molecule has 0 aliphatic rings. The smallest absolute Gasteiger partial charge is 0.149 e. The van der Waals surface area contributed by atoms with E-state index < -0.39 is 0 Å². The lowest BCUT2D eigenvalue weighted by molar-refractivity contribution is 0.631. The molecule has 0 saturated carbocycles. The molecule has 0 unspecified atom stereocenters. The maximum Gasteiger partial charge on any atom is 0.149 e. The molecule has 22 heavy (non-hydrogen) atoms. The molecule has 0 bridgehead atoms. The summed E-state index contributed by atoms with van der Waals surface area (Å²) in [5, 5.41) is 14.7. The van der Waals surface area contributed by atoms with Gasteiger partial charge in [0.25, 0.3) is 0 Å². The summed E-state index contributed by atoms with van der Waals surface area (Å²) in [6.45, 7) is 2.45. The third-order valence-electron chi connectivity index (χ3n) is 3.43. The molecule has 0 aliphatic carbocycles. The Morgan fingerprint density at radius 2 is 1.91 bits per heavy atom. The van der Waals surface area contributed by atoms with Gasteiger partial charge in [-0.15, -0.1) is 0 Å². The van der Waals surface area contributed by atoms with Crippen molar-refractivity contribution in [2.45, 2.75) is 19.9 Å². The lowest BCUT2D eigenvalue weighted by Crippen LogP contribution is -2.08. The summed E-state index contributed by atoms with van der Waals surface area (Å²) in [7, 11) is 1.66. The zero-order chi connectivity index (χ0) is 16.1. The number of hydrogen-bond acceptors (Lipinski definition) is 3. The highest BCUT2D eigenvalue weighted by atomic mass is 35.5. The van der Waals surface area contributed by atoms with Crippen LogP contribution in [-0.4, -0.2) is 12.8 Å². The summed E-state index contributed by atoms with van der Waals surface area (Å²) < 4.78 is 14.2. The van der Waals surface area contributed by atoms with Crippen LogP contribution in [0.3, 0.4) is 0 Å². The fourth-order valence-electron chi connectivity index (χ4n) is 2.20. The zero-order valence-electron chi connectivity index (χ0n) is 12.6. The van der Waals surface area contributed by atoms with Crippen molar-refractivity contribution in [3.63, 3.8) is 0 Å². The van der Waals surface area contributed by atoms with Crippen LogP contribution in [0.2, 0.25) is 5.02 Å². The molecule has 0 saturated heterocycles. The van der Waals surface area contributed by atoms with E-state index in [0.717, 1.165) is 5.56 Å². The van der Waals surface area contributed by atoms with E-state index in [1.54, 1.807) is 13.1 Å². The van der Waals surface area contributed by atoms with Crippen LogP contribution in [0.15, 0.2) is 36.4 Å². The quantitative estimate of drug-likeness (QED) is 0.662. The van der Waals surface area contributed by atoms with Crippen LogP contribution in [0.1, 0.15) is 24.5 Å². The summed E-state index contributed by atoms with van der Waals surface area (Å²) in [6, 6.07) is 10.7. The Hall–Kier alpha value is -2.07. The molecule has 0 heterocycles. The topological polar surface area (TPSA) is 47.9 Å². The summed E-state index contributed by atoms with van der Waals surface area (Å²) in [5.74, 6) is -0.364. The van der Waals surface area contributed by atoms with Crippen LogP contribution < -0.4 is 10.6 Å². The molecule has 0 aliphatic heterocycles. The highest BCUT2D eigenvalue weighted by Crippen LogP contribution is 2.26. The molecule has 3 N–H and O–H groups in total. The van der Waals surface area contributed by atoms with Gasteiger partial charge < -0.3 is 16.0 Å². The van der Waals surface area contributed by atoms with Crippen molar-refractivity contribution < 1.29 is 4.39 Å². The highest BCUT2D eigenvalue weighted by Gasteiger charge is 2.12. The van der Waals surface area contributed by atoms with Crippen molar-refractivity contribution in [2.24, 2.45) is 0 Å². The van der Waals surface area contributed by atoms with E-state index in [-0.39, 0.29) is 5.82 Å². The molecule has 2 aromatic carbocycles. The van der Waals surface area contributed by atoms with E-state index in [9.17, 15) is 4.39 Å². The number of rotatable bonds is 6. The van der Waals surface area contributed by atoms with Crippen molar-refractivity contribution in [1.29, 1.82) is 5.41 Å². The van der Waals surface area contributed by atoms with Crippen LogP contribution in [0.4, 0.5) is 15.8 Å². The first-order valence-electron chi connectivity index (χ1n) is 7.12. The fraction of sp³-hybridized carbons (Fsp3) is 0.235. The van der Waals surface area contributed by atoms with Crippen LogP contribution in [0.5, 0.6) is 0 Å². The van der Waals surface area contributed by atoms with Gasteiger partial charge in [0.2, 0.25) is 0 Å². The molecule has 0 aromatic heterocycles. The van der Waals surface area contributed by atoms with E-state index in [0.29, 0.717) is 40.6 Å². The Balaban J connectivity index is 2.22. The van der Waals surface area contributed by atoms with Crippen molar-refractivity contribution in [2.75, 3.05) is 17.7 Å². The summed E-state index contributed by atoms with van der Waals surface area (Å²) in [6.07, 6.45) is 0.550. The Bertz CT molecular complexity index is 668. The predicted molar refractivity (Wildman–Crippen MR) is 91.8 cm³/mol. The minimum absolute atomic E-state index is 0.364. The minimum Gasteiger partial charge on any atom is -0.385 e. The van der Waals surface area contributed by atoms with Crippen LogP contribution >= 0.6 is 11.6 Å². The average Bonchev–Trinajstić information content (AvgIpc) is 2.53. The largest absolute Gasteiger partial charge is 0.385 e. The molecule has 5 heteroatoms. The van der Waals surface area contributed by atoms with Gasteiger partial charge in [-0.3, -0.25) is 0 Å². The van der Waals surface area contributed by atoms with Crippen molar-refractivity contribution in [3.8, 4) is 0 Å². The molecular weight excluding hydrogens is 301 g/mol. The Morgan fingerprint density at radius 3 is 2.50 bits per heavy atom.